The van der Waals surface area contributed by atoms with Crippen LogP contribution in [0.2, 0.25) is 10.0 Å². The van der Waals surface area contributed by atoms with Crippen LogP contribution in [0.1, 0.15) is 115 Å². The molecule has 6 aliphatic rings. The van der Waals surface area contributed by atoms with Crippen molar-refractivity contribution in [1.29, 1.82) is 0 Å². The van der Waals surface area contributed by atoms with Crippen molar-refractivity contribution in [2.45, 2.75) is 96.6 Å². The topological polar surface area (TPSA) is 110 Å². The standard InChI is InChI=1S/C47H58Cl2N8O3/c1-54-37-12-21-56(23-20-45-14-10-30(24-45)11-15-45)25-35(37)50-41(54)43(58)52-33-8-4-6-31(39(33)48)32-7-5-9-34(40(32)49)53-44(59)42-51-36-26-57(22-13-38(36)55(42)2)28-46-16-18-47(27-46,19-17-46)29-60-3/h4-9,30H,10-29H2,1-3H3,(H,52,58)(H,53,59). The van der Waals surface area contributed by atoms with Crippen molar-refractivity contribution < 1.29 is 14.3 Å². The molecule has 2 aromatic carbocycles. The molecule has 11 nitrogen and oxygen atoms in total. The van der Waals surface area contributed by atoms with Crippen molar-refractivity contribution in [3.63, 3.8) is 0 Å². The number of methoxy groups -OCH3 is 1. The Morgan fingerprint density at radius 2 is 1.28 bits per heavy atom. The lowest BCUT2D eigenvalue weighted by Crippen LogP contribution is -2.39. The number of fused-ring (bicyclic) bond motifs is 6. The van der Waals surface area contributed by atoms with E-state index in [0.29, 0.717) is 60.4 Å². The third kappa shape index (κ3) is 7.20. The van der Waals surface area contributed by atoms with Gasteiger partial charge in [-0.1, -0.05) is 47.5 Å². The Bertz CT molecular complexity index is 2340. The summed E-state index contributed by atoms with van der Waals surface area (Å²) in [5, 5.41) is 6.76. The maximum Gasteiger partial charge on any atom is 0.291 e. The average molecular weight is 854 g/mol. The molecular weight excluding hydrogens is 795 g/mol. The van der Waals surface area contributed by atoms with E-state index in [-0.39, 0.29) is 11.8 Å². The summed E-state index contributed by atoms with van der Waals surface area (Å²) in [4.78, 5) is 42.5. The largest absolute Gasteiger partial charge is 0.384 e. The van der Waals surface area contributed by atoms with Crippen LogP contribution >= 0.6 is 23.2 Å². The zero-order valence-corrected chi connectivity index (χ0v) is 36.9. The Morgan fingerprint density at radius 3 is 1.82 bits per heavy atom. The van der Waals surface area contributed by atoms with E-state index in [4.69, 9.17) is 37.9 Å². The van der Waals surface area contributed by atoms with Crippen LogP contribution < -0.4 is 10.6 Å². The highest BCUT2D eigenvalue weighted by atomic mass is 35.5. The van der Waals surface area contributed by atoms with Crippen molar-refractivity contribution >= 4 is 46.4 Å². The SMILES string of the molecule is COCC12CCC(CN3CCc4c(nc(C(=O)Nc5cccc(-c6cccc(NC(=O)c7nc8c(n7C)CCN(CCC79CCC(CC7)C9)C8)c6Cl)c5Cl)n4C)C3)(CC1)C2. The molecular formula is C47H58Cl2N8O3. The molecule has 0 spiro atoms. The van der Waals surface area contributed by atoms with Crippen LogP contribution in [0.5, 0.6) is 0 Å². The number of anilines is 2. The van der Waals surface area contributed by atoms with Gasteiger partial charge in [-0.05, 0) is 111 Å². The number of hydrogen-bond donors (Lipinski definition) is 2. The molecule has 4 bridgehead atoms. The first-order valence-electron chi connectivity index (χ1n) is 22.2. The summed E-state index contributed by atoms with van der Waals surface area (Å²) in [5.74, 6) is 1.07. The summed E-state index contributed by atoms with van der Waals surface area (Å²) >= 11 is 14.1. The molecule has 4 aliphatic carbocycles. The molecule has 0 atom stereocenters. The number of carbonyl (C=O) groups is 2. The third-order valence-electron chi connectivity index (χ3n) is 15.8. The predicted molar refractivity (Wildman–Crippen MR) is 236 cm³/mol. The second-order valence-electron chi connectivity index (χ2n) is 19.5. The molecule has 13 heteroatoms. The fourth-order valence-electron chi connectivity index (χ4n) is 12.6. The summed E-state index contributed by atoms with van der Waals surface area (Å²) < 4.78 is 9.49. The zero-order valence-electron chi connectivity index (χ0n) is 35.3. The van der Waals surface area contributed by atoms with E-state index in [2.05, 4.69) is 20.4 Å². The number of ether oxygens (including phenoxy) is 1. The zero-order chi connectivity index (χ0) is 41.4. The van der Waals surface area contributed by atoms with Crippen molar-refractivity contribution in [3.05, 3.63) is 80.9 Å². The summed E-state index contributed by atoms with van der Waals surface area (Å²) in [7, 11) is 5.68. The van der Waals surface area contributed by atoms with Crippen LogP contribution in [0.4, 0.5) is 11.4 Å². The number of carbonyl (C=O) groups excluding carboxylic acids is 2. The van der Waals surface area contributed by atoms with Crippen molar-refractivity contribution in [2.75, 3.05) is 50.5 Å². The van der Waals surface area contributed by atoms with Gasteiger partial charge in [0.25, 0.3) is 11.8 Å². The molecule has 4 fully saturated rings. The lowest BCUT2D eigenvalue weighted by atomic mass is 9.81. The van der Waals surface area contributed by atoms with Gasteiger partial charge in [-0.25, -0.2) is 9.97 Å². The normalized spacial score (nSPS) is 27.1. The molecule has 318 valence electrons. The molecule has 2 N–H and O–H groups in total. The maximum atomic E-state index is 13.9. The number of nitrogens with one attached hydrogen (secondary N) is 2. The van der Waals surface area contributed by atoms with Crippen molar-refractivity contribution in [2.24, 2.45) is 36.3 Å². The quantitative estimate of drug-likeness (QED) is 0.147. The number of hydrogen-bond acceptors (Lipinski definition) is 7. The Hall–Kier alpha value is -3.74. The molecule has 4 saturated carbocycles. The minimum atomic E-state index is -0.319. The van der Waals surface area contributed by atoms with E-state index >= 15 is 0 Å². The van der Waals surface area contributed by atoms with E-state index in [0.717, 1.165) is 87.4 Å². The van der Waals surface area contributed by atoms with Gasteiger partial charge in [0.1, 0.15) is 0 Å². The van der Waals surface area contributed by atoms with Crippen LogP contribution in [-0.2, 0) is 44.8 Å². The van der Waals surface area contributed by atoms with E-state index in [1.54, 1.807) is 12.1 Å². The number of benzene rings is 2. The van der Waals surface area contributed by atoms with Gasteiger partial charge >= 0.3 is 0 Å². The van der Waals surface area contributed by atoms with Gasteiger partial charge in [0, 0.05) is 89.3 Å². The average Bonchev–Trinajstić information content (AvgIpc) is 4.11. The van der Waals surface area contributed by atoms with Gasteiger partial charge in [0.2, 0.25) is 0 Å². The Kier molecular flexibility index (Phi) is 10.5. The molecule has 60 heavy (non-hydrogen) atoms. The first-order valence-corrected chi connectivity index (χ1v) is 22.9. The van der Waals surface area contributed by atoms with E-state index in [9.17, 15) is 9.59 Å². The number of aromatic nitrogens is 4. The van der Waals surface area contributed by atoms with Crippen LogP contribution in [0.3, 0.4) is 0 Å². The van der Waals surface area contributed by atoms with E-state index < -0.39 is 0 Å². The molecule has 4 aromatic rings. The fourth-order valence-corrected chi connectivity index (χ4v) is 13.2. The first kappa shape index (κ1) is 40.3. The number of halogens is 2. The van der Waals surface area contributed by atoms with Crippen molar-refractivity contribution in [1.82, 2.24) is 28.9 Å². The third-order valence-corrected chi connectivity index (χ3v) is 16.7. The monoisotopic (exact) mass is 852 g/mol. The Morgan fingerprint density at radius 1 is 0.750 bits per heavy atom. The molecule has 4 heterocycles. The van der Waals surface area contributed by atoms with Crippen LogP contribution in [0.25, 0.3) is 11.1 Å². The van der Waals surface area contributed by atoms with Gasteiger partial charge in [0.15, 0.2) is 11.6 Å². The molecule has 0 unspecified atom stereocenters. The predicted octanol–water partition coefficient (Wildman–Crippen LogP) is 8.92. The number of amides is 2. The van der Waals surface area contributed by atoms with Gasteiger partial charge in [0.05, 0.1) is 39.4 Å². The van der Waals surface area contributed by atoms with E-state index in [1.165, 1.54) is 70.6 Å². The summed E-state index contributed by atoms with van der Waals surface area (Å²) in [6.07, 6.45) is 16.4. The van der Waals surface area contributed by atoms with Crippen LogP contribution in [0, 0.1) is 22.2 Å². The number of nitrogens with zero attached hydrogens (tertiary/aromatic N) is 6. The van der Waals surface area contributed by atoms with Gasteiger partial charge in [-0.3, -0.25) is 19.4 Å². The maximum absolute atomic E-state index is 13.9. The second-order valence-corrected chi connectivity index (χ2v) is 20.3. The highest BCUT2D eigenvalue weighted by molar-refractivity contribution is 6.40. The van der Waals surface area contributed by atoms with Gasteiger partial charge in [-0.2, -0.15) is 0 Å². The lowest BCUT2D eigenvalue weighted by molar-refractivity contribution is 0.0860. The molecule has 0 radical (unpaired) electrons. The minimum Gasteiger partial charge on any atom is -0.384 e. The van der Waals surface area contributed by atoms with E-state index in [1.807, 2.05) is 54.6 Å². The minimum absolute atomic E-state index is 0.312. The molecule has 2 amide bonds. The number of imidazole rings is 2. The fraction of sp³-hybridized carbons (Fsp3) is 0.574. The number of rotatable bonds is 12. The highest BCUT2D eigenvalue weighted by Gasteiger charge is 2.54. The molecule has 0 saturated heterocycles. The molecule has 2 aliphatic heterocycles. The lowest BCUT2D eigenvalue weighted by Gasteiger charge is -2.35. The first-order chi connectivity index (χ1) is 29.0. The Labute approximate surface area is 363 Å². The molecule has 2 aromatic heterocycles. The highest BCUT2D eigenvalue weighted by Crippen LogP contribution is 2.62. The van der Waals surface area contributed by atoms with Crippen LogP contribution in [0.15, 0.2) is 36.4 Å². The van der Waals surface area contributed by atoms with Gasteiger partial charge in [-0.15, -0.1) is 0 Å². The summed E-state index contributed by atoms with van der Waals surface area (Å²) in [6, 6.07) is 11.0. The van der Waals surface area contributed by atoms with Crippen molar-refractivity contribution in [3.8, 4) is 11.1 Å². The second kappa shape index (κ2) is 15.6. The van der Waals surface area contributed by atoms with Gasteiger partial charge < -0.3 is 24.5 Å². The van der Waals surface area contributed by atoms with Crippen LogP contribution in [-0.4, -0.2) is 80.6 Å². The Balaban J connectivity index is 0.799. The smallest absolute Gasteiger partial charge is 0.291 e. The summed E-state index contributed by atoms with van der Waals surface area (Å²) in [5.41, 5.74) is 7.69. The molecule has 10 rings (SSSR count). The summed E-state index contributed by atoms with van der Waals surface area (Å²) in [6.45, 7) is 6.52.